The average Bonchev–Trinajstić information content (AvgIpc) is 2.72. The van der Waals surface area contributed by atoms with Crippen LogP contribution in [0.25, 0.3) is 5.65 Å². The fourth-order valence-electron chi connectivity index (χ4n) is 3.56. The summed E-state index contributed by atoms with van der Waals surface area (Å²) in [5, 5.41) is 3.12. The smallest absolute Gasteiger partial charge is 0.259 e. The van der Waals surface area contributed by atoms with Gasteiger partial charge >= 0.3 is 0 Å². The fraction of sp³-hybridized carbons (Fsp3) is 0.333. The molecule has 3 heterocycles. The molecule has 0 amide bonds. The van der Waals surface area contributed by atoms with Crippen molar-refractivity contribution in [2.24, 2.45) is 0 Å². The first-order valence-corrected chi connectivity index (χ1v) is 9.62. The zero-order valence-electron chi connectivity index (χ0n) is 15.9. The third kappa shape index (κ3) is 3.84. The van der Waals surface area contributed by atoms with Crippen LogP contribution in [0.15, 0.2) is 53.5 Å². The molecule has 0 aliphatic carbocycles. The molecule has 3 aromatic rings. The zero-order chi connectivity index (χ0) is 19.5. The summed E-state index contributed by atoms with van der Waals surface area (Å²) in [6.45, 7) is 7.19. The first-order chi connectivity index (χ1) is 13.6. The number of hydrogen-bond acceptors (Lipinski definition) is 5. The van der Waals surface area contributed by atoms with E-state index < -0.39 is 0 Å². The maximum absolute atomic E-state index is 14.7. The van der Waals surface area contributed by atoms with Crippen LogP contribution in [0.4, 0.5) is 15.9 Å². The van der Waals surface area contributed by atoms with Gasteiger partial charge < -0.3 is 15.1 Å². The molecule has 7 heteroatoms. The summed E-state index contributed by atoms with van der Waals surface area (Å²) >= 11 is 0. The number of rotatable bonds is 5. The molecule has 0 unspecified atom stereocenters. The van der Waals surface area contributed by atoms with E-state index >= 15 is 0 Å². The van der Waals surface area contributed by atoms with E-state index in [0.29, 0.717) is 23.7 Å². The van der Waals surface area contributed by atoms with Crippen molar-refractivity contribution in [3.8, 4) is 0 Å². The summed E-state index contributed by atoms with van der Waals surface area (Å²) in [6.07, 6.45) is 1.68. The Morgan fingerprint density at radius 2 is 1.93 bits per heavy atom. The van der Waals surface area contributed by atoms with Gasteiger partial charge in [-0.1, -0.05) is 19.1 Å². The number of hydrogen-bond donors (Lipinski definition) is 1. The van der Waals surface area contributed by atoms with Crippen molar-refractivity contribution in [1.29, 1.82) is 0 Å². The van der Waals surface area contributed by atoms with E-state index in [-0.39, 0.29) is 11.4 Å². The van der Waals surface area contributed by atoms with E-state index in [4.69, 9.17) is 0 Å². The van der Waals surface area contributed by atoms with Crippen molar-refractivity contribution >= 4 is 17.2 Å². The second-order valence-electron chi connectivity index (χ2n) is 6.97. The zero-order valence-corrected chi connectivity index (χ0v) is 15.9. The molecule has 1 aliphatic heterocycles. The highest BCUT2D eigenvalue weighted by Crippen LogP contribution is 2.22. The van der Waals surface area contributed by atoms with Crippen LogP contribution in [0.5, 0.6) is 0 Å². The van der Waals surface area contributed by atoms with Gasteiger partial charge in [-0.25, -0.2) is 9.37 Å². The summed E-state index contributed by atoms with van der Waals surface area (Å²) in [5.41, 5.74) is 1.89. The lowest BCUT2D eigenvalue weighted by molar-refractivity contribution is 0.270. The van der Waals surface area contributed by atoms with E-state index in [2.05, 4.69) is 27.0 Å². The number of anilines is 2. The molecule has 28 heavy (non-hydrogen) atoms. The fourth-order valence-corrected chi connectivity index (χ4v) is 3.56. The van der Waals surface area contributed by atoms with Crippen LogP contribution in [0, 0.1) is 5.82 Å². The standard InChI is InChI=1S/C21H24FN5O/c1-2-25-9-11-26(12-10-25)18-7-6-16(13-17(18)22)15-23-19-14-21(28)27-8-4-3-5-20(27)24-19/h3-8,13-14,23H,2,9-12,15H2,1H3. The largest absolute Gasteiger partial charge is 0.367 e. The summed E-state index contributed by atoms with van der Waals surface area (Å²) in [7, 11) is 0. The molecule has 0 bridgehead atoms. The second kappa shape index (κ2) is 7.98. The van der Waals surface area contributed by atoms with E-state index in [9.17, 15) is 9.18 Å². The Morgan fingerprint density at radius 3 is 2.68 bits per heavy atom. The van der Waals surface area contributed by atoms with E-state index in [1.54, 1.807) is 24.4 Å². The third-order valence-electron chi connectivity index (χ3n) is 5.22. The van der Waals surface area contributed by atoms with Gasteiger partial charge in [0, 0.05) is 45.0 Å². The second-order valence-corrected chi connectivity index (χ2v) is 6.97. The maximum atomic E-state index is 14.7. The predicted octanol–water partition coefficient (Wildman–Crippen LogP) is 2.59. The van der Waals surface area contributed by atoms with E-state index in [0.717, 1.165) is 38.3 Å². The van der Waals surface area contributed by atoms with Gasteiger partial charge in [0.1, 0.15) is 17.3 Å². The molecule has 0 radical (unpaired) electrons. The molecule has 0 atom stereocenters. The lowest BCUT2D eigenvalue weighted by Gasteiger charge is -2.35. The lowest BCUT2D eigenvalue weighted by atomic mass is 10.1. The molecule has 1 N–H and O–H groups in total. The minimum Gasteiger partial charge on any atom is -0.367 e. The van der Waals surface area contributed by atoms with Crippen molar-refractivity contribution in [3.63, 3.8) is 0 Å². The van der Waals surface area contributed by atoms with Crippen molar-refractivity contribution in [2.75, 3.05) is 42.9 Å². The number of fused-ring (bicyclic) bond motifs is 1. The Hall–Kier alpha value is -2.93. The topological polar surface area (TPSA) is 52.9 Å². The number of nitrogens with zero attached hydrogens (tertiary/aromatic N) is 4. The highest BCUT2D eigenvalue weighted by molar-refractivity contribution is 5.51. The predicted molar refractivity (Wildman–Crippen MR) is 110 cm³/mol. The number of pyridine rings is 1. The maximum Gasteiger partial charge on any atom is 0.259 e. The number of piperazine rings is 1. The van der Waals surface area contributed by atoms with Crippen molar-refractivity contribution in [1.82, 2.24) is 14.3 Å². The minimum atomic E-state index is -0.212. The van der Waals surface area contributed by atoms with Gasteiger partial charge in [0.2, 0.25) is 0 Å². The highest BCUT2D eigenvalue weighted by atomic mass is 19.1. The molecule has 2 aromatic heterocycles. The van der Waals surface area contributed by atoms with Crippen LogP contribution in [-0.2, 0) is 6.54 Å². The molecule has 146 valence electrons. The number of likely N-dealkylation sites (N-methyl/N-ethyl adjacent to an activating group) is 1. The quantitative estimate of drug-likeness (QED) is 0.736. The van der Waals surface area contributed by atoms with E-state index in [1.165, 1.54) is 10.5 Å². The van der Waals surface area contributed by atoms with Gasteiger partial charge in [-0.3, -0.25) is 9.20 Å². The molecule has 0 spiro atoms. The van der Waals surface area contributed by atoms with Crippen LogP contribution >= 0.6 is 0 Å². The molecule has 6 nitrogen and oxygen atoms in total. The average molecular weight is 381 g/mol. The number of halogens is 1. The molecule has 0 saturated carbocycles. The Labute approximate surface area is 163 Å². The Morgan fingerprint density at radius 1 is 1.11 bits per heavy atom. The first kappa shape index (κ1) is 18.4. The number of aromatic nitrogens is 2. The molecular weight excluding hydrogens is 357 g/mol. The monoisotopic (exact) mass is 381 g/mol. The van der Waals surface area contributed by atoms with Gasteiger partial charge in [-0.2, -0.15) is 0 Å². The van der Waals surface area contributed by atoms with Gasteiger partial charge in [0.05, 0.1) is 5.69 Å². The Kier molecular flexibility index (Phi) is 5.25. The molecule has 1 saturated heterocycles. The Bertz CT molecular complexity index is 1030. The number of nitrogens with one attached hydrogen (secondary N) is 1. The summed E-state index contributed by atoms with van der Waals surface area (Å²) in [6, 6.07) is 12.2. The van der Waals surface area contributed by atoms with Crippen LogP contribution in [-0.4, -0.2) is 47.0 Å². The molecule has 1 fully saturated rings. The van der Waals surface area contributed by atoms with Crippen molar-refractivity contribution < 1.29 is 4.39 Å². The minimum absolute atomic E-state index is 0.152. The van der Waals surface area contributed by atoms with Gasteiger partial charge in [0.25, 0.3) is 5.56 Å². The third-order valence-corrected chi connectivity index (χ3v) is 5.22. The summed E-state index contributed by atoms with van der Waals surface area (Å²) in [4.78, 5) is 21.0. The molecule has 1 aromatic carbocycles. The summed E-state index contributed by atoms with van der Waals surface area (Å²) in [5.74, 6) is 0.271. The van der Waals surface area contributed by atoms with Crippen LogP contribution in [0.1, 0.15) is 12.5 Å². The van der Waals surface area contributed by atoms with Crippen LogP contribution < -0.4 is 15.8 Å². The normalized spacial score (nSPS) is 15.1. The van der Waals surface area contributed by atoms with Crippen LogP contribution in [0.3, 0.4) is 0 Å². The van der Waals surface area contributed by atoms with Crippen LogP contribution in [0.2, 0.25) is 0 Å². The van der Waals surface area contributed by atoms with Gasteiger partial charge in [0.15, 0.2) is 0 Å². The highest BCUT2D eigenvalue weighted by Gasteiger charge is 2.18. The summed E-state index contributed by atoms with van der Waals surface area (Å²) < 4.78 is 16.1. The van der Waals surface area contributed by atoms with Gasteiger partial charge in [-0.05, 0) is 36.4 Å². The first-order valence-electron chi connectivity index (χ1n) is 9.62. The number of benzene rings is 1. The van der Waals surface area contributed by atoms with E-state index in [1.807, 2.05) is 18.2 Å². The van der Waals surface area contributed by atoms with Gasteiger partial charge in [-0.15, -0.1) is 0 Å². The lowest BCUT2D eigenvalue weighted by Crippen LogP contribution is -2.46. The van der Waals surface area contributed by atoms with Crippen molar-refractivity contribution in [3.05, 3.63) is 70.4 Å². The molecule has 1 aliphatic rings. The SMILES string of the molecule is CCN1CCN(c2ccc(CNc3cc(=O)n4ccccc4n3)cc2F)CC1. The Balaban J connectivity index is 1.45. The molecule has 4 rings (SSSR count). The van der Waals surface area contributed by atoms with Crippen molar-refractivity contribution in [2.45, 2.75) is 13.5 Å². The molecular formula is C21H24FN5O.